The van der Waals surface area contributed by atoms with Crippen molar-refractivity contribution in [3.63, 3.8) is 0 Å². The molecule has 810 valence electrons. The SMILES string of the molecule is CCN(CC)c1ccc2c(-c3ccccc3C(=O)N3CCN(C(=O)CC[C@H](NC(=O)CN(CCCCCCN)C(=O)CN(CCCCCCN)C(=O)CN(CCCCCCN)C(=O)CN(CCCCCCN)C(=O)CN(CCCCCCN)C(=O)CN(CCCCCCN)C(=O)c4ccccc4-c4c5ccc(=[N+](CC)CC)cc-5oc5cc(N(CC)CC)ccc45)C(N)=O)CC3)c3ccc(=[N+](CC)CC)cc-3oc2c1.[Cl-].[Cl-]. The lowest BCUT2D eigenvalue weighted by Crippen LogP contribution is -3.00. The fraction of sp³-hybridized carbons (Fsp3) is 0.575. The van der Waals surface area contributed by atoms with E-state index in [1.807, 2.05) is 48.5 Å². The molecule has 147 heavy (non-hydrogen) atoms. The average Bonchev–Trinajstić information content (AvgIpc) is 0.745. The van der Waals surface area contributed by atoms with Crippen LogP contribution in [0.25, 0.3) is 66.8 Å². The number of nitrogens with one attached hydrogen (secondary N) is 1. The first-order chi connectivity index (χ1) is 70.4. The summed E-state index contributed by atoms with van der Waals surface area (Å²) < 4.78 is 18.2. The third-order valence-electron chi connectivity index (χ3n) is 28.3. The molecule has 5 aliphatic rings. The first kappa shape index (κ1) is 123. The van der Waals surface area contributed by atoms with Gasteiger partial charge in [-0.05, 0) is 238 Å². The first-order valence-electron chi connectivity index (χ1n) is 54.3. The number of anilines is 2. The van der Waals surface area contributed by atoms with E-state index in [-0.39, 0.29) is 127 Å². The second kappa shape index (κ2) is 66.4. The Balaban J connectivity index is 0.0000146. The van der Waals surface area contributed by atoms with Crippen molar-refractivity contribution in [2.45, 2.75) is 228 Å². The van der Waals surface area contributed by atoms with E-state index >= 15 is 33.6 Å². The highest BCUT2D eigenvalue weighted by Gasteiger charge is 2.36. The summed E-state index contributed by atoms with van der Waals surface area (Å²) in [6, 6.07) is 38.8. The van der Waals surface area contributed by atoms with E-state index in [1.54, 1.807) is 14.7 Å². The summed E-state index contributed by atoms with van der Waals surface area (Å²) in [4.78, 5) is 168. The average molecular weight is 2070 g/mol. The number of primary amides is 1. The summed E-state index contributed by atoms with van der Waals surface area (Å²) in [5.74, 6) is -3.66. The van der Waals surface area contributed by atoms with Crippen molar-refractivity contribution in [2.24, 2.45) is 40.1 Å². The van der Waals surface area contributed by atoms with Crippen LogP contribution < -0.4 is 99.9 Å². The van der Waals surface area contributed by atoms with E-state index in [9.17, 15) is 14.4 Å². The Hall–Kier alpha value is -11.1. The van der Waals surface area contributed by atoms with Crippen LogP contribution in [0.1, 0.15) is 243 Å². The molecule has 0 spiro atoms. The minimum atomic E-state index is -1.31. The van der Waals surface area contributed by atoms with Crippen LogP contribution in [-0.2, 0) is 38.4 Å². The van der Waals surface area contributed by atoms with Crippen molar-refractivity contribution in [1.82, 2.24) is 53.7 Å². The summed E-state index contributed by atoms with van der Waals surface area (Å²) in [5, 5.41) is 6.43. The summed E-state index contributed by atoms with van der Waals surface area (Å²) in [7, 11) is 0. The van der Waals surface area contributed by atoms with E-state index in [4.69, 9.17) is 49.0 Å². The number of carbonyl (C=O) groups is 10. The molecule has 0 saturated carbocycles. The van der Waals surface area contributed by atoms with Crippen molar-refractivity contribution < 1.29 is 81.6 Å². The Labute approximate surface area is 885 Å². The molecule has 1 saturated heterocycles. The van der Waals surface area contributed by atoms with Gasteiger partial charge in [-0.1, -0.05) is 113 Å². The van der Waals surface area contributed by atoms with Crippen molar-refractivity contribution in [3.8, 4) is 44.9 Å². The molecule has 10 amide bonds. The lowest BCUT2D eigenvalue weighted by molar-refractivity contribution is -0.147. The van der Waals surface area contributed by atoms with Crippen LogP contribution in [0.15, 0.2) is 130 Å². The molecule has 9 rings (SSSR count). The number of hydrogen-bond acceptors (Lipinski definition) is 20. The topological polar surface area (TPSA) is 430 Å². The van der Waals surface area contributed by atoms with Gasteiger partial charge in [0.15, 0.2) is 0 Å². The van der Waals surface area contributed by atoms with Gasteiger partial charge in [-0.3, -0.25) is 47.9 Å². The number of benzene rings is 6. The lowest BCUT2D eigenvalue weighted by Gasteiger charge is -2.35. The number of rotatable bonds is 67. The number of carbonyl (C=O) groups excluding carboxylic acids is 10. The summed E-state index contributed by atoms with van der Waals surface area (Å²) in [6.45, 7) is 25.3. The lowest BCUT2D eigenvalue weighted by atomic mass is 9.90. The van der Waals surface area contributed by atoms with Crippen LogP contribution in [0.5, 0.6) is 0 Å². The van der Waals surface area contributed by atoms with E-state index in [0.29, 0.717) is 149 Å². The highest BCUT2D eigenvalue weighted by Crippen LogP contribution is 2.45. The largest absolute Gasteiger partial charge is 1.00 e. The van der Waals surface area contributed by atoms with Gasteiger partial charge in [-0.2, -0.15) is 0 Å². The number of unbranched alkanes of at least 4 members (excludes halogenated alkanes) is 18. The molecule has 3 aliphatic heterocycles. The number of nitrogens with zero attached hydrogens (tertiary/aromatic N) is 12. The number of piperazine rings is 1. The monoisotopic (exact) mass is 2070 g/mol. The van der Waals surface area contributed by atoms with Crippen LogP contribution in [0.4, 0.5) is 11.4 Å². The number of amides is 10. The molecule has 1 atom stereocenters. The van der Waals surface area contributed by atoms with Gasteiger partial charge in [0, 0.05) is 178 Å². The normalized spacial score (nSPS) is 12.1. The van der Waals surface area contributed by atoms with Crippen LogP contribution in [0, 0.1) is 0 Å². The zero-order valence-electron chi connectivity index (χ0n) is 89.3. The van der Waals surface area contributed by atoms with Gasteiger partial charge in [0.2, 0.25) is 58.0 Å². The highest BCUT2D eigenvalue weighted by molar-refractivity contribution is 6.12. The van der Waals surface area contributed by atoms with Crippen LogP contribution in [0.3, 0.4) is 0 Å². The van der Waals surface area contributed by atoms with Gasteiger partial charge in [0.25, 0.3) is 11.8 Å². The minimum Gasteiger partial charge on any atom is -1.00 e. The summed E-state index contributed by atoms with van der Waals surface area (Å²) in [6.07, 6.45) is 16.0. The molecule has 1 fully saturated rings. The van der Waals surface area contributed by atoms with E-state index < -0.39 is 80.1 Å². The van der Waals surface area contributed by atoms with Crippen LogP contribution in [-0.4, -0.2) is 301 Å². The fourth-order valence-electron chi connectivity index (χ4n) is 19.7. The predicted molar refractivity (Wildman–Crippen MR) is 583 cm³/mol. The predicted octanol–water partition coefficient (Wildman–Crippen LogP) is 5.48. The van der Waals surface area contributed by atoms with Crippen molar-refractivity contribution in [3.05, 3.63) is 143 Å². The molecule has 34 heteroatoms. The molecule has 4 aromatic carbocycles. The minimum absolute atomic E-state index is 0. The van der Waals surface area contributed by atoms with Crippen LogP contribution in [0.2, 0.25) is 0 Å². The summed E-state index contributed by atoms with van der Waals surface area (Å²) in [5.41, 5.74) is 50.9. The molecule has 4 aromatic rings. The zero-order valence-corrected chi connectivity index (χ0v) is 90.8. The summed E-state index contributed by atoms with van der Waals surface area (Å²) >= 11 is 0. The molecular formula is C113H172Cl2N20O12. The second-order valence-corrected chi connectivity index (χ2v) is 38.2. The standard InChI is InChI=1S/C113H170N20O12.2ClH/c1-9-122(10-2)85-49-53-93-98(75-85)144-99-76-86(123(11-3)12-4)50-54-94(99)109(93)89-45-29-31-47-91(89)112(142)127-73-71-126(72-74-127)103(135)58-57-97(111(120)141)121-102(134)79-128(65-39-23-17-33-59-114)104(136)80-129(66-40-24-18-34-60-115)105(137)81-130(67-41-25-19-35-61-116)106(138)82-131(68-42-26-20-36-62-117)107(139)83-132(69-43-27-21-37-63-118)108(140)84-133(70-44-28-22-38-64-119)113(143)92-48-32-30-46-90(92)110-95-55-51-87(124(13-5)14-6)77-100(95)145-101-78-88(52-56-96(101)110)125(15-7)16-8;;/h29-32,45-56,75-78,97H,9-28,33-44,57-74,79-84,114-119H2,1-8H3,(H-2,120,121,134,141);2*1H/t97-;;/m0../s1. The third-order valence-corrected chi connectivity index (χ3v) is 28.3. The molecule has 32 nitrogen and oxygen atoms in total. The maximum atomic E-state index is 16.0. The smallest absolute Gasteiger partial charge is 0.254 e. The van der Waals surface area contributed by atoms with Crippen molar-refractivity contribution in [1.29, 1.82) is 0 Å². The van der Waals surface area contributed by atoms with Gasteiger partial charge in [0.05, 0.1) is 44.9 Å². The Morgan fingerprint density at radius 1 is 0.354 bits per heavy atom. The molecular weight excluding hydrogens is 1900 g/mol. The van der Waals surface area contributed by atoms with Gasteiger partial charge in [-0.25, -0.2) is 9.15 Å². The Bertz CT molecular complexity index is 5530. The van der Waals surface area contributed by atoms with Gasteiger partial charge in [0.1, 0.15) is 61.5 Å². The molecule has 0 radical (unpaired) electrons. The second-order valence-electron chi connectivity index (χ2n) is 38.2. The van der Waals surface area contributed by atoms with Gasteiger partial charge >= 0.3 is 0 Å². The molecule has 0 aromatic heterocycles. The van der Waals surface area contributed by atoms with E-state index in [0.717, 1.165) is 197 Å². The number of halogens is 2. The van der Waals surface area contributed by atoms with Gasteiger partial charge < -0.3 is 128 Å². The Morgan fingerprint density at radius 2 is 0.667 bits per heavy atom. The molecule has 0 unspecified atom stereocenters. The highest BCUT2D eigenvalue weighted by atomic mass is 35.5. The van der Waals surface area contributed by atoms with E-state index in [2.05, 4.69) is 152 Å². The van der Waals surface area contributed by atoms with E-state index in [1.165, 1.54) is 24.5 Å². The van der Waals surface area contributed by atoms with Gasteiger partial charge in [-0.15, -0.1) is 0 Å². The number of hydrogen-bond donors (Lipinski definition) is 8. The van der Waals surface area contributed by atoms with Crippen molar-refractivity contribution in [2.75, 3.05) is 206 Å². The Kier molecular flexibility index (Phi) is 55.5. The zero-order chi connectivity index (χ0) is 105. The maximum absolute atomic E-state index is 16.0. The first-order valence-corrected chi connectivity index (χ1v) is 54.3. The molecule has 3 heterocycles. The quantitative estimate of drug-likeness (QED) is 0.0133. The number of nitrogens with two attached hydrogens (primary N) is 7. The Morgan fingerprint density at radius 3 is 1.01 bits per heavy atom. The van der Waals surface area contributed by atoms with Crippen molar-refractivity contribution >= 4 is 92.4 Å². The fourth-order valence-corrected chi connectivity index (χ4v) is 19.7. The number of fused-ring (bicyclic) bond motifs is 4. The molecule has 15 N–H and O–H groups in total. The third kappa shape index (κ3) is 36.4. The molecule has 2 aliphatic carbocycles. The molecule has 0 bridgehead atoms. The maximum Gasteiger partial charge on any atom is 0.254 e. The van der Waals surface area contributed by atoms with Crippen LogP contribution >= 0.6 is 0 Å².